The van der Waals surface area contributed by atoms with Crippen molar-refractivity contribution in [1.29, 1.82) is 0 Å². The summed E-state index contributed by atoms with van der Waals surface area (Å²) < 4.78 is 18.9. The molecule has 0 radical (unpaired) electrons. The number of nitrogens with zero attached hydrogens (tertiary/aromatic N) is 2. The molecule has 0 aliphatic heterocycles. The Morgan fingerprint density at radius 1 is 1.07 bits per heavy atom. The van der Waals surface area contributed by atoms with Gasteiger partial charge < -0.3 is 4.52 Å². The number of rotatable bonds is 5. The lowest BCUT2D eigenvalue weighted by Crippen LogP contribution is -2.14. The number of hydrogen-bond acceptors (Lipinski definition) is 4. The number of nitrogens with one attached hydrogen (secondary N) is 1. The summed E-state index contributed by atoms with van der Waals surface area (Å²) in [6.07, 6.45) is 3.42. The molecule has 0 saturated carbocycles. The van der Waals surface area contributed by atoms with E-state index in [1.165, 1.54) is 18.2 Å². The predicted octanol–water partition coefficient (Wildman–Crippen LogP) is 5.38. The van der Waals surface area contributed by atoms with Crippen molar-refractivity contribution in [1.82, 2.24) is 10.1 Å². The third-order valence-electron chi connectivity index (χ3n) is 4.31. The largest absolute Gasteiger partial charge is 0.337 e. The van der Waals surface area contributed by atoms with Gasteiger partial charge in [-0.25, -0.2) is 4.39 Å². The van der Waals surface area contributed by atoms with Gasteiger partial charge in [-0.3, -0.25) is 15.1 Å². The highest BCUT2D eigenvalue weighted by Gasteiger charge is 2.23. The van der Waals surface area contributed by atoms with Gasteiger partial charge in [0.05, 0.1) is 17.0 Å². The Labute approximate surface area is 171 Å². The summed E-state index contributed by atoms with van der Waals surface area (Å²) in [5.41, 5.74) is 3.04. The van der Waals surface area contributed by atoms with Crippen molar-refractivity contribution in [3.63, 3.8) is 0 Å². The molecule has 7 heteroatoms. The van der Waals surface area contributed by atoms with Gasteiger partial charge in [0.2, 0.25) is 11.8 Å². The maximum absolute atomic E-state index is 13.5. The number of hydrogen-bond donors (Lipinski definition) is 1. The predicted molar refractivity (Wildman–Crippen MR) is 109 cm³/mol. The molecule has 0 bridgehead atoms. The van der Waals surface area contributed by atoms with Crippen molar-refractivity contribution in [2.45, 2.75) is 6.42 Å². The molecule has 29 heavy (non-hydrogen) atoms. The summed E-state index contributed by atoms with van der Waals surface area (Å²) in [5.74, 6) is -0.518. The molecule has 0 aliphatic carbocycles. The van der Waals surface area contributed by atoms with Gasteiger partial charge in [-0.15, -0.1) is 0 Å². The zero-order chi connectivity index (χ0) is 20.2. The molecular formula is C22H15ClFN3O2. The van der Waals surface area contributed by atoms with Crippen LogP contribution < -0.4 is 5.32 Å². The smallest absolute Gasteiger partial charge is 0.239 e. The van der Waals surface area contributed by atoms with Crippen molar-refractivity contribution in [3.8, 4) is 22.4 Å². The summed E-state index contributed by atoms with van der Waals surface area (Å²) in [6, 6.07) is 16.9. The Balaban J connectivity index is 1.73. The molecule has 1 N–H and O–H groups in total. The Morgan fingerprint density at radius 3 is 2.55 bits per heavy atom. The van der Waals surface area contributed by atoms with Crippen LogP contribution in [0, 0.1) is 5.82 Å². The van der Waals surface area contributed by atoms with Crippen LogP contribution in [-0.2, 0) is 11.2 Å². The highest BCUT2D eigenvalue weighted by atomic mass is 35.5. The highest BCUT2D eigenvalue weighted by Crippen LogP contribution is 2.40. The van der Waals surface area contributed by atoms with Crippen molar-refractivity contribution in [2.75, 3.05) is 5.32 Å². The molecule has 5 nitrogen and oxygen atoms in total. The number of halogens is 2. The first-order valence-corrected chi connectivity index (χ1v) is 9.19. The Kier molecular flexibility index (Phi) is 5.35. The van der Waals surface area contributed by atoms with Gasteiger partial charge in [0.25, 0.3) is 0 Å². The van der Waals surface area contributed by atoms with Gasteiger partial charge in [-0.2, -0.15) is 0 Å². The maximum Gasteiger partial charge on any atom is 0.239 e. The van der Waals surface area contributed by atoms with E-state index in [-0.39, 0.29) is 23.2 Å². The van der Waals surface area contributed by atoms with Crippen LogP contribution in [0.15, 0.2) is 77.6 Å². The van der Waals surface area contributed by atoms with Gasteiger partial charge in [0, 0.05) is 18.0 Å². The van der Waals surface area contributed by atoms with E-state index in [0.29, 0.717) is 16.8 Å². The molecule has 2 heterocycles. The molecule has 0 spiro atoms. The van der Waals surface area contributed by atoms with Gasteiger partial charge in [0.1, 0.15) is 11.5 Å². The van der Waals surface area contributed by atoms with E-state index in [1.807, 2.05) is 30.3 Å². The van der Waals surface area contributed by atoms with Crippen molar-refractivity contribution in [3.05, 3.63) is 89.5 Å². The molecule has 2 aromatic heterocycles. The minimum absolute atomic E-state index is 0.184. The second-order valence-corrected chi connectivity index (χ2v) is 6.71. The first kappa shape index (κ1) is 18.8. The average molecular weight is 408 g/mol. The topological polar surface area (TPSA) is 68.0 Å². The van der Waals surface area contributed by atoms with Crippen molar-refractivity contribution < 1.29 is 13.7 Å². The van der Waals surface area contributed by atoms with E-state index in [4.69, 9.17) is 16.1 Å². The standard InChI is InChI=1S/C22H15ClFN3O2/c23-18-13-16(24)6-7-17(18)21-20(15-8-10-25-11-9-15)22(29-27-21)26-19(28)12-14-4-2-1-3-5-14/h1-11,13H,12H2,(H,26,28). The lowest BCUT2D eigenvalue weighted by atomic mass is 10.0. The molecule has 0 aliphatic rings. The van der Waals surface area contributed by atoms with Crippen LogP contribution in [-0.4, -0.2) is 16.0 Å². The second kappa shape index (κ2) is 8.24. The van der Waals surface area contributed by atoms with Crippen LogP contribution in [0.5, 0.6) is 0 Å². The number of aromatic nitrogens is 2. The molecule has 0 atom stereocenters. The molecular weight excluding hydrogens is 393 g/mol. The van der Waals surface area contributed by atoms with Crippen LogP contribution in [0.1, 0.15) is 5.56 Å². The normalized spacial score (nSPS) is 10.7. The maximum atomic E-state index is 13.5. The number of carbonyl (C=O) groups is 1. The number of anilines is 1. The molecule has 0 fully saturated rings. The number of amides is 1. The van der Waals surface area contributed by atoms with Gasteiger partial charge in [-0.1, -0.05) is 47.1 Å². The van der Waals surface area contributed by atoms with Crippen LogP contribution in [0.2, 0.25) is 5.02 Å². The lowest BCUT2D eigenvalue weighted by molar-refractivity contribution is -0.115. The van der Waals surface area contributed by atoms with Crippen molar-refractivity contribution >= 4 is 23.4 Å². The monoisotopic (exact) mass is 407 g/mol. The van der Waals surface area contributed by atoms with E-state index in [1.54, 1.807) is 24.5 Å². The third kappa shape index (κ3) is 4.17. The number of carbonyl (C=O) groups excluding carboxylic acids is 1. The number of benzene rings is 2. The number of pyridine rings is 1. The van der Waals surface area contributed by atoms with E-state index >= 15 is 0 Å². The molecule has 144 valence electrons. The molecule has 4 rings (SSSR count). The van der Waals surface area contributed by atoms with Crippen LogP contribution in [0.25, 0.3) is 22.4 Å². The fourth-order valence-corrected chi connectivity index (χ4v) is 3.24. The van der Waals surface area contributed by atoms with Crippen LogP contribution >= 0.6 is 11.6 Å². The second-order valence-electron chi connectivity index (χ2n) is 6.31. The van der Waals surface area contributed by atoms with Crippen molar-refractivity contribution in [2.24, 2.45) is 0 Å². The SMILES string of the molecule is O=C(Cc1ccccc1)Nc1onc(-c2ccc(F)cc2Cl)c1-c1ccncc1. The van der Waals surface area contributed by atoms with Gasteiger partial charge >= 0.3 is 0 Å². The zero-order valence-electron chi connectivity index (χ0n) is 15.1. The summed E-state index contributed by atoms with van der Waals surface area (Å²) >= 11 is 6.22. The van der Waals surface area contributed by atoms with E-state index in [0.717, 1.165) is 11.1 Å². The molecule has 0 unspecified atom stereocenters. The zero-order valence-corrected chi connectivity index (χ0v) is 15.9. The van der Waals surface area contributed by atoms with Crippen LogP contribution in [0.3, 0.4) is 0 Å². The summed E-state index contributed by atoms with van der Waals surface area (Å²) in [4.78, 5) is 16.6. The fourth-order valence-electron chi connectivity index (χ4n) is 2.98. The van der Waals surface area contributed by atoms with Gasteiger partial charge in [0.15, 0.2) is 0 Å². The van der Waals surface area contributed by atoms with Gasteiger partial charge in [-0.05, 0) is 41.5 Å². The fraction of sp³-hybridized carbons (Fsp3) is 0.0455. The van der Waals surface area contributed by atoms with E-state index in [9.17, 15) is 9.18 Å². The summed E-state index contributed by atoms with van der Waals surface area (Å²) in [6.45, 7) is 0. The third-order valence-corrected chi connectivity index (χ3v) is 4.62. The highest BCUT2D eigenvalue weighted by molar-refractivity contribution is 6.33. The minimum Gasteiger partial charge on any atom is -0.337 e. The first-order valence-electron chi connectivity index (χ1n) is 8.81. The molecule has 4 aromatic rings. The summed E-state index contributed by atoms with van der Waals surface area (Å²) in [5, 5.41) is 7.06. The first-order chi connectivity index (χ1) is 14.1. The van der Waals surface area contributed by atoms with E-state index in [2.05, 4.69) is 15.5 Å². The van der Waals surface area contributed by atoms with E-state index < -0.39 is 5.82 Å². The average Bonchev–Trinajstić information content (AvgIpc) is 3.12. The summed E-state index contributed by atoms with van der Waals surface area (Å²) in [7, 11) is 0. The quantitative estimate of drug-likeness (QED) is 0.482. The van der Waals surface area contributed by atoms with Crippen LogP contribution in [0.4, 0.5) is 10.3 Å². The molecule has 2 aromatic carbocycles. The Hall–Kier alpha value is -3.51. The minimum atomic E-state index is -0.455. The Bertz CT molecular complexity index is 1150. The molecule has 1 amide bonds. The molecule has 0 saturated heterocycles. The lowest BCUT2D eigenvalue weighted by Gasteiger charge is -2.07. The Morgan fingerprint density at radius 2 is 1.83 bits per heavy atom.